The van der Waals surface area contributed by atoms with Crippen molar-refractivity contribution in [2.75, 3.05) is 49.7 Å². The van der Waals surface area contributed by atoms with Crippen LogP contribution in [0.15, 0.2) is 0 Å². The maximum atomic E-state index is 9.33. The predicted octanol–water partition coefficient (Wildman–Crippen LogP) is 0.569. The summed E-state index contributed by atoms with van der Waals surface area (Å²) >= 11 is 5.98. The number of aromatic nitrogens is 3. The normalized spacial score (nSPS) is 17.1. The number of rotatable bonds is 5. The van der Waals surface area contributed by atoms with Crippen LogP contribution in [0.4, 0.5) is 11.9 Å². The van der Waals surface area contributed by atoms with Gasteiger partial charge in [-0.05, 0) is 24.9 Å². The maximum Gasteiger partial charge on any atom is 0.231 e. The second-order valence-corrected chi connectivity index (χ2v) is 5.20. The Bertz CT molecular complexity index is 440. The lowest BCUT2D eigenvalue weighted by Crippen LogP contribution is -2.38. The summed E-state index contributed by atoms with van der Waals surface area (Å²) in [5.41, 5.74) is 0. The van der Waals surface area contributed by atoms with E-state index in [9.17, 15) is 5.11 Å². The lowest BCUT2D eigenvalue weighted by Gasteiger charge is -2.27. The highest BCUT2D eigenvalue weighted by atomic mass is 35.5. The number of anilines is 2. The molecule has 1 aliphatic rings. The van der Waals surface area contributed by atoms with Gasteiger partial charge in [0.15, 0.2) is 0 Å². The minimum Gasteiger partial charge on any atom is -0.393 e. The number of aliphatic hydroxyl groups is 1. The van der Waals surface area contributed by atoms with Crippen molar-refractivity contribution in [3.8, 4) is 0 Å². The standard InChI is InChI=1S/C12H20ClN5O2/c1-9(19)3-4-17(2)11-14-10(13)15-12(16-11)18-5-7-20-8-6-18/h9,19H,3-8H2,1-2H3. The highest BCUT2D eigenvalue weighted by Crippen LogP contribution is 2.17. The van der Waals surface area contributed by atoms with Gasteiger partial charge in [0.2, 0.25) is 17.2 Å². The van der Waals surface area contributed by atoms with E-state index in [4.69, 9.17) is 16.3 Å². The van der Waals surface area contributed by atoms with Crippen molar-refractivity contribution in [3.63, 3.8) is 0 Å². The van der Waals surface area contributed by atoms with Crippen LogP contribution in [0, 0.1) is 0 Å². The molecule has 1 aliphatic heterocycles. The quantitative estimate of drug-likeness (QED) is 0.852. The third kappa shape index (κ3) is 4.16. The van der Waals surface area contributed by atoms with Crippen molar-refractivity contribution in [1.29, 1.82) is 0 Å². The largest absolute Gasteiger partial charge is 0.393 e. The molecule has 1 fully saturated rings. The van der Waals surface area contributed by atoms with Gasteiger partial charge in [-0.3, -0.25) is 0 Å². The summed E-state index contributed by atoms with van der Waals surface area (Å²) in [5, 5.41) is 9.51. The van der Waals surface area contributed by atoms with Crippen LogP contribution in [0.2, 0.25) is 5.28 Å². The first-order valence-electron chi connectivity index (χ1n) is 6.69. The van der Waals surface area contributed by atoms with Crippen LogP contribution in [0.3, 0.4) is 0 Å². The first-order valence-corrected chi connectivity index (χ1v) is 7.07. The number of hydrogen-bond donors (Lipinski definition) is 1. The van der Waals surface area contributed by atoms with Crippen molar-refractivity contribution >= 4 is 23.5 Å². The Hall–Kier alpha value is -1.18. The molecule has 7 nitrogen and oxygen atoms in total. The summed E-state index contributed by atoms with van der Waals surface area (Å²) in [6.45, 7) is 5.23. The van der Waals surface area contributed by atoms with Gasteiger partial charge in [0, 0.05) is 26.7 Å². The van der Waals surface area contributed by atoms with E-state index in [1.807, 2.05) is 16.8 Å². The average molecular weight is 302 g/mol. The van der Waals surface area contributed by atoms with Crippen LogP contribution in [0.25, 0.3) is 0 Å². The SMILES string of the molecule is CC(O)CCN(C)c1nc(Cl)nc(N2CCOCC2)n1. The van der Waals surface area contributed by atoms with Crippen molar-refractivity contribution < 1.29 is 9.84 Å². The third-order valence-corrected chi connectivity index (χ3v) is 3.27. The summed E-state index contributed by atoms with van der Waals surface area (Å²) in [4.78, 5) is 16.6. The lowest BCUT2D eigenvalue weighted by atomic mass is 10.3. The Morgan fingerprint density at radius 2 is 2.05 bits per heavy atom. The third-order valence-electron chi connectivity index (χ3n) is 3.10. The number of halogens is 1. The van der Waals surface area contributed by atoms with Gasteiger partial charge in [-0.1, -0.05) is 0 Å². The van der Waals surface area contributed by atoms with Crippen molar-refractivity contribution in [3.05, 3.63) is 5.28 Å². The molecule has 0 aliphatic carbocycles. The molecule has 8 heteroatoms. The van der Waals surface area contributed by atoms with Gasteiger partial charge in [0.25, 0.3) is 0 Å². The summed E-state index contributed by atoms with van der Waals surface area (Å²) in [7, 11) is 1.87. The van der Waals surface area contributed by atoms with E-state index in [1.165, 1.54) is 0 Å². The molecule has 2 heterocycles. The van der Waals surface area contributed by atoms with Gasteiger partial charge in [-0.15, -0.1) is 0 Å². The molecule has 2 rings (SSSR count). The van der Waals surface area contributed by atoms with Crippen molar-refractivity contribution in [2.24, 2.45) is 0 Å². The minimum atomic E-state index is -0.353. The lowest BCUT2D eigenvalue weighted by molar-refractivity contribution is 0.122. The molecule has 0 saturated carbocycles. The van der Waals surface area contributed by atoms with Crippen LogP contribution in [0.1, 0.15) is 13.3 Å². The van der Waals surface area contributed by atoms with Crippen LogP contribution in [-0.4, -0.2) is 66.1 Å². The molecule has 0 radical (unpaired) electrons. The predicted molar refractivity (Wildman–Crippen MR) is 77.4 cm³/mol. The van der Waals surface area contributed by atoms with Gasteiger partial charge in [0.05, 0.1) is 19.3 Å². The second-order valence-electron chi connectivity index (χ2n) is 4.86. The molecule has 20 heavy (non-hydrogen) atoms. The fourth-order valence-electron chi connectivity index (χ4n) is 1.89. The number of hydrogen-bond acceptors (Lipinski definition) is 7. The number of ether oxygens (including phenoxy) is 1. The van der Waals surface area contributed by atoms with Crippen LogP contribution >= 0.6 is 11.6 Å². The molecule has 0 amide bonds. The summed E-state index contributed by atoms with van der Waals surface area (Å²) in [5.74, 6) is 1.10. The van der Waals surface area contributed by atoms with E-state index >= 15 is 0 Å². The Morgan fingerprint density at radius 3 is 2.70 bits per heavy atom. The van der Waals surface area contributed by atoms with Gasteiger partial charge in [-0.25, -0.2) is 0 Å². The molecule has 1 saturated heterocycles. The number of aliphatic hydroxyl groups excluding tert-OH is 1. The van der Waals surface area contributed by atoms with Crippen LogP contribution in [0.5, 0.6) is 0 Å². The van der Waals surface area contributed by atoms with E-state index in [-0.39, 0.29) is 11.4 Å². The molecule has 1 N–H and O–H groups in total. The molecule has 0 aromatic carbocycles. The minimum absolute atomic E-state index is 0.181. The van der Waals surface area contributed by atoms with E-state index in [1.54, 1.807) is 6.92 Å². The Kier molecular flexibility index (Phi) is 5.33. The van der Waals surface area contributed by atoms with Crippen molar-refractivity contribution in [2.45, 2.75) is 19.4 Å². The van der Waals surface area contributed by atoms with Crippen molar-refractivity contribution in [1.82, 2.24) is 15.0 Å². The molecule has 1 unspecified atom stereocenters. The topological polar surface area (TPSA) is 74.6 Å². The summed E-state index contributed by atoms with van der Waals surface area (Å²) in [6, 6.07) is 0. The number of morpholine rings is 1. The maximum absolute atomic E-state index is 9.33. The highest BCUT2D eigenvalue weighted by molar-refractivity contribution is 6.28. The second kappa shape index (κ2) is 7.01. The zero-order chi connectivity index (χ0) is 14.5. The fraction of sp³-hybridized carbons (Fsp3) is 0.750. The zero-order valence-electron chi connectivity index (χ0n) is 11.8. The summed E-state index contributed by atoms with van der Waals surface area (Å²) in [6.07, 6.45) is 0.292. The molecule has 0 spiro atoms. The Morgan fingerprint density at radius 1 is 1.35 bits per heavy atom. The van der Waals surface area contributed by atoms with Gasteiger partial charge in [0.1, 0.15) is 0 Å². The van der Waals surface area contributed by atoms with Crippen LogP contribution < -0.4 is 9.80 Å². The molecular formula is C12H20ClN5O2. The van der Waals surface area contributed by atoms with E-state index < -0.39 is 0 Å². The Labute approximate surface area is 123 Å². The van der Waals surface area contributed by atoms with Gasteiger partial charge >= 0.3 is 0 Å². The molecule has 1 aromatic heterocycles. The monoisotopic (exact) mass is 301 g/mol. The first kappa shape index (κ1) is 15.2. The zero-order valence-corrected chi connectivity index (χ0v) is 12.5. The van der Waals surface area contributed by atoms with E-state index in [0.29, 0.717) is 38.1 Å². The molecule has 0 bridgehead atoms. The Balaban J connectivity index is 2.10. The van der Waals surface area contributed by atoms with Gasteiger partial charge in [-0.2, -0.15) is 15.0 Å². The smallest absolute Gasteiger partial charge is 0.231 e. The van der Waals surface area contributed by atoms with Gasteiger partial charge < -0.3 is 19.6 Å². The molecule has 1 aromatic rings. The average Bonchev–Trinajstić information content (AvgIpc) is 2.45. The van der Waals surface area contributed by atoms with E-state index in [2.05, 4.69) is 15.0 Å². The highest BCUT2D eigenvalue weighted by Gasteiger charge is 2.17. The number of nitrogens with zero attached hydrogens (tertiary/aromatic N) is 5. The van der Waals surface area contributed by atoms with E-state index in [0.717, 1.165) is 13.1 Å². The molecular weight excluding hydrogens is 282 g/mol. The molecule has 1 atom stereocenters. The summed E-state index contributed by atoms with van der Waals surface area (Å²) < 4.78 is 5.31. The van der Waals surface area contributed by atoms with Crippen LogP contribution in [-0.2, 0) is 4.74 Å². The molecule has 112 valence electrons. The first-order chi connectivity index (χ1) is 9.56. The fourth-order valence-corrected chi connectivity index (χ4v) is 2.04.